The van der Waals surface area contributed by atoms with E-state index in [1.54, 1.807) is 7.11 Å². The fourth-order valence-electron chi connectivity index (χ4n) is 3.61. The predicted octanol–water partition coefficient (Wildman–Crippen LogP) is 1.75. The van der Waals surface area contributed by atoms with Gasteiger partial charge in [-0.15, -0.1) is 0 Å². The first-order valence-corrected chi connectivity index (χ1v) is 8.81. The molecule has 1 aliphatic rings. The maximum atomic E-state index is 12.0. The number of likely N-dealkylation sites (tertiary alicyclic amines) is 1. The Bertz CT molecular complexity index is 525. The summed E-state index contributed by atoms with van der Waals surface area (Å²) in [6.45, 7) is 8.61. The summed E-state index contributed by atoms with van der Waals surface area (Å²) in [6, 6.07) is 7.69. The second-order valence-corrected chi connectivity index (χ2v) is 7.19. The molecule has 1 aromatic carbocycles. The van der Waals surface area contributed by atoms with Crippen LogP contribution in [-0.4, -0.2) is 43.7 Å². The highest BCUT2D eigenvalue weighted by Crippen LogP contribution is 2.23. The minimum atomic E-state index is -0.619. The number of amides is 1. The molecular weight excluding hydrogens is 302 g/mol. The largest absolute Gasteiger partial charge is 0.383 e. The molecule has 3 atom stereocenters. The summed E-state index contributed by atoms with van der Waals surface area (Å²) in [6.07, 6.45) is 1.31. The highest BCUT2D eigenvalue weighted by atomic mass is 16.5. The number of nitrogens with two attached hydrogens (primary N) is 1. The van der Waals surface area contributed by atoms with E-state index in [4.69, 9.17) is 10.5 Å². The lowest BCUT2D eigenvalue weighted by Crippen LogP contribution is -2.43. The highest BCUT2D eigenvalue weighted by Gasteiger charge is 2.22. The van der Waals surface area contributed by atoms with Crippen LogP contribution in [0.15, 0.2) is 24.3 Å². The first-order valence-electron chi connectivity index (χ1n) is 8.81. The van der Waals surface area contributed by atoms with Crippen LogP contribution in [0.1, 0.15) is 31.4 Å². The molecular formula is C19H31N3O2. The number of benzene rings is 1. The van der Waals surface area contributed by atoms with Crippen LogP contribution in [0, 0.1) is 11.8 Å². The van der Waals surface area contributed by atoms with Crippen LogP contribution in [-0.2, 0) is 22.6 Å². The first kappa shape index (κ1) is 18.9. The lowest BCUT2D eigenvalue weighted by atomic mass is 9.91. The Balaban J connectivity index is 1.96. The maximum Gasteiger partial charge on any atom is 0.239 e. The van der Waals surface area contributed by atoms with Gasteiger partial charge in [-0.1, -0.05) is 38.1 Å². The van der Waals surface area contributed by atoms with Crippen molar-refractivity contribution in [3.8, 4) is 0 Å². The Labute approximate surface area is 145 Å². The van der Waals surface area contributed by atoms with Gasteiger partial charge in [-0.2, -0.15) is 0 Å². The van der Waals surface area contributed by atoms with Crippen LogP contribution < -0.4 is 11.1 Å². The summed E-state index contributed by atoms with van der Waals surface area (Å²) >= 11 is 0. The molecule has 1 fully saturated rings. The Morgan fingerprint density at radius 3 is 2.54 bits per heavy atom. The van der Waals surface area contributed by atoms with Gasteiger partial charge < -0.3 is 15.8 Å². The van der Waals surface area contributed by atoms with E-state index in [0.717, 1.165) is 37.0 Å². The molecule has 1 heterocycles. The molecule has 2 rings (SSSR count). The number of hydrogen-bond donors (Lipinski definition) is 2. The molecule has 3 unspecified atom stereocenters. The molecule has 0 radical (unpaired) electrons. The van der Waals surface area contributed by atoms with Crippen molar-refractivity contribution in [1.29, 1.82) is 0 Å². The molecule has 1 amide bonds. The molecule has 0 aromatic heterocycles. The van der Waals surface area contributed by atoms with Crippen molar-refractivity contribution >= 4 is 5.91 Å². The summed E-state index contributed by atoms with van der Waals surface area (Å²) in [4.78, 5) is 14.5. The molecule has 5 heteroatoms. The highest BCUT2D eigenvalue weighted by molar-refractivity contribution is 5.81. The van der Waals surface area contributed by atoms with Crippen LogP contribution >= 0.6 is 0 Å². The van der Waals surface area contributed by atoms with E-state index in [2.05, 4.69) is 42.3 Å². The molecule has 0 aliphatic carbocycles. The maximum absolute atomic E-state index is 12.0. The number of rotatable bonds is 7. The molecule has 1 saturated heterocycles. The smallest absolute Gasteiger partial charge is 0.239 e. The van der Waals surface area contributed by atoms with Crippen molar-refractivity contribution in [3.05, 3.63) is 35.4 Å². The zero-order chi connectivity index (χ0) is 17.5. The standard InChI is InChI=1S/C19H31N3O2/c1-14-8-15(2)11-22(10-14)12-17-7-5-4-6-16(17)9-21-19(23)18(20)13-24-3/h4-7,14-15,18H,8-13,20H2,1-3H3,(H,21,23). The van der Waals surface area contributed by atoms with Gasteiger partial charge in [-0.05, 0) is 29.4 Å². The minimum Gasteiger partial charge on any atom is -0.383 e. The van der Waals surface area contributed by atoms with Crippen molar-refractivity contribution in [2.75, 3.05) is 26.8 Å². The zero-order valence-electron chi connectivity index (χ0n) is 15.1. The van der Waals surface area contributed by atoms with Crippen molar-refractivity contribution in [1.82, 2.24) is 10.2 Å². The number of nitrogens with zero attached hydrogens (tertiary/aromatic N) is 1. The Morgan fingerprint density at radius 1 is 1.29 bits per heavy atom. The van der Waals surface area contributed by atoms with Gasteiger partial charge in [0, 0.05) is 33.3 Å². The third-order valence-electron chi connectivity index (χ3n) is 4.59. The average molecular weight is 333 g/mol. The van der Waals surface area contributed by atoms with Crippen molar-refractivity contribution in [3.63, 3.8) is 0 Å². The molecule has 0 spiro atoms. The summed E-state index contributed by atoms with van der Waals surface area (Å²) in [7, 11) is 1.54. The van der Waals surface area contributed by atoms with Gasteiger partial charge in [-0.3, -0.25) is 9.69 Å². The van der Waals surface area contributed by atoms with Crippen molar-refractivity contribution < 1.29 is 9.53 Å². The topological polar surface area (TPSA) is 67.6 Å². The zero-order valence-corrected chi connectivity index (χ0v) is 15.1. The van der Waals surface area contributed by atoms with E-state index in [1.807, 2.05) is 6.07 Å². The molecule has 134 valence electrons. The number of carbonyl (C=O) groups is 1. The quantitative estimate of drug-likeness (QED) is 0.798. The second-order valence-electron chi connectivity index (χ2n) is 7.19. The van der Waals surface area contributed by atoms with Crippen LogP contribution in [0.4, 0.5) is 0 Å². The minimum absolute atomic E-state index is 0.174. The fraction of sp³-hybridized carbons (Fsp3) is 0.632. The van der Waals surface area contributed by atoms with Gasteiger partial charge in [0.15, 0.2) is 0 Å². The van der Waals surface area contributed by atoms with E-state index in [9.17, 15) is 4.79 Å². The van der Waals surface area contributed by atoms with Gasteiger partial charge in [-0.25, -0.2) is 0 Å². The first-order chi connectivity index (χ1) is 11.5. The average Bonchev–Trinajstić information content (AvgIpc) is 2.53. The van der Waals surface area contributed by atoms with Crippen molar-refractivity contribution in [2.24, 2.45) is 17.6 Å². The van der Waals surface area contributed by atoms with E-state index < -0.39 is 6.04 Å². The third kappa shape index (κ3) is 5.58. The molecule has 1 aromatic rings. The molecule has 24 heavy (non-hydrogen) atoms. The molecule has 0 saturated carbocycles. The molecule has 3 N–H and O–H groups in total. The lowest BCUT2D eigenvalue weighted by Gasteiger charge is -2.35. The van der Waals surface area contributed by atoms with Gasteiger partial charge in [0.1, 0.15) is 6.04 Å². The predicted molar refractivity (Wildman–Crippen MR) is 96.4 cm³/mol. The van der Waals surface area contributed by atoms with Crippen LogP contribution in [0.5, 0.6) is 0 Å². The summed E-state index contributed by atoms with van der Waals surface area (Å²) in [5.41, 5.74) is 8.20. The number of piperidine rings is 1. The fourth-order valence-corrected chi connectivity index (χ4v) is 3.61. The van der Waals surface area contributed by atoms with Crippen LogP contribution in [0.25, 0.3) is 0 Å². The van der Waals surface area contributed by atoms with Gasteiger partial charge in [0.25, 0.3) is 0 Å². The number of ether oxygens (including phenoxy) is 1. The SMILES string of the molecule is COCC(N)C(=O)NCc1ccccc1CN1CC(C)CC(C)C1. The van der Waals surface area contributed by atoms with Crippen LogP contribution in [0.3, 0.4) is 0 Å². The monoisotopic (exact) mass is 333 g/mol. The third-order valence-corrected chi connectivity index (χ3v) is 4.59. The number of hydrogen-bond acceptors (Lipinski definition) is 4. The van der Waals surface area contributed by atoms with Gasteiger partial charge in [0.05, 0.1) is 6.61 Å². The molecule has 5 nitrogen and oxygen atoms in total. The Kier molecular flexibility index (Phi) is 7.21. The van der Waals surface area contributed by atoms with Gasteiger partial charge in [0.2, 0.25) is 5.91 Å². The normalized spacial score (nSPS) is 23.0. The Hall–Kier alpha value is -1.43. The van der Waals surface area contributed by atoms with Crippen molar-refractivity contribution in [2.45, 2.75) is 39.4 Å². The van der Waals surface area contributed by atoms with Gasteiger partial charge >= 0.3 is 0 Å². The second kappa shape index (κ2) is 9.16. The number of carbonyl (C=O) groups excluding carboxylic acids is 1. The van der Waals surface area contributed by atoms with Crippen LogP contribution in [0.2, 0.25) is 0 Å². The number of nitrogens with one attached hydrogen (secondary N) is 1. The van der Waals surface area contributed by atoms with E-state index >= 15 is 0 Å². The Morgan fingerprint density at radius 2 is 1.92 bits per heavy atom. The van der Waals surface area contributed by atoms with E-state index in [0.29, 0.717) is 6.54 Å². The van der Waals surface area contributed by atoms with E-state index in [1.165, 1.54) is 12.0 Å². The number of methoxy groups -OCH3 is 1. The molecule has 1 aliphatic heterocycles. The summed E-state index contributed by atoms with van der Waals surface area (Å²) in [5, 5.41) is 2.92. The summed E-state index contributed by atoms with van der Waals surface area (Å²) in [5.74, 6) is 1.31. The molecule has 0 bridgehead atoms. The summed E-state index contributed by atoms with van der Waals surface area (Å²) < 4.78 is 4.93. The van der Waals surface area contributed by atoms with E-state index in [-0.39, 0.29) is 12.5 Å². The lowest BCUT2D eigenvalue weighted by molar-refractivity contribution is -0.123.